The normalized spacial score (nSPS) is 19.2. The zero-order valence-corrected chi connectivity index (χ0v) is 13.3. The molecule has 1 saturated heterocycles. The van der Waals surface area contributed by atoms with E-state index in [0.29, 0.717) is 6.54 Å². The van der Waals surface area contributed by atoms with Gasteiger partial charge in [0.15, 0.2) is 0 Å². The van der Waals surface area contributed by atoms with Gasteiger partial charge in [0.2, 0.25) is 0 Å². The Hall–Kier alpha value is -1.05. The number of morpholine rings is 1. The van der Waals surface area contributed by atoms with Crippen LogP contribution in [-0.2, 0) is 11.3 Å². The molecule has 7 heteroatoms. The van der Waals surface area contributed by atoms with Crippen molar-refractivity contribution in [1.82, 2.24) is 14.9 Å². The van der Waals surface area contributed by atoms with Crippen LogP contribution in [-0.4, -0.2) is 47.2 Å². The van der Waals surface area contributed by atoms with E-state index >= 15 is 0 Å². The Morgan fingerprint density at radius 3 is 3.10 bits per heavy atom. The molecule has 1 fully saturated rings. The zero-order chi connectivity index (χ0) is 13.8. The lowest BCUT2D eigenvalue weighted by Crippen LogP contribution is -2.45. The molecule has 2 aromatic rings. The molecule has 21 heavy (non-hydrogen) atoms. The van der Waals surface area contributed by atoms with Crippen LogP contribution in [0, 0.1) is 0 Å². The van der Waals surface area contributed by atoms with Crippen LogP contribution in [0.1, 0.15) is 5.69 Å². The Balaban J connectivity index is 0.00000161. The minimum absolute atomic E-state index is 0. The van der Waals surface area contributed by atoms with Gasteiger partial charge >= 0.3 is 0 Å². The predicted molar refractivity (Wildman–Crippen MR) is 86.7 cm³/mol. The van der Waals surface area contributed by atoms with E-state index in [9.17, 15) is 0 Å². The Labute approximate surface area is 134 Å². The molecule has 1 unspecified atom stereocenters. The van der Waals surface area contributed by atoms with Crippen molar-refractivity contribution in [3.8, 4) is 10.7 Å². The lowest BCUT2D eigenvalue weighted by Gasteiger charge is -2.31. The van der Waals surface area contributed by atoms with E-state index in [2.05, 4.69) is 20.2 Å². The van der Waals surface area contributed by atoms with E-state index in [1.165, 1.54) is 0 Å². The molecular formula is C14H19ClN4OS. The number of pyridine rings is 1. The maximum atomic E-state index is 5.67. The molecule has 1 atom stereocenters. The number of nitrogens with two attached hydrogens (primary N) is 1. The molecule has 2 N–H and O–H groups in total. The Morgan fingerprint density at radius 2 is 2.33 bits per heavy atom. The molecule has 0 spiro atoms. The summed E-state index contributed by atoms with van der Waals surface area (Å²) in [6, 6.07) is 5.89. The molecule has 0 radical (unpaired) electrons. The highest BCUT2D eigenvalue weighted by Crippen LogP contribution is 2.22. The number of aromatic nitrogens is 2. The maximum absolute atomic E-state index is 5.67. The van der Waals surface area contributed by atoms with Gasteiger partial charge in [-0.2, -0.15) is 0 Å². The van der Waals surface area contributed by atoms with Crippen molar-refractivity contribution < 1.29 is 4.74 Å². The van der Waals surface area contributed by atoms with E-state index in [1.54, 1.807) is 17.5 Å². The van der Waals surface area contributed by atoms with Crippen molar-refractivity contribution in [3.05, 3.63) is 35.5 Å². The molecular weight excluding hydrogens is 308 g/mol. The van der Waals surface area contributed by atoms with Crippen molar-refractivity contribution in [2.24, 2.45) is 5.73 Å². The van der Waals surface area contributed by atoms with Crippen molar-refractivity contribution in [2.45, 2.75) is 12.6 Å². The van der Waals surface area contributed by atoms with Crippen LogP contribution in [0.5, 0.6) is 0 Å². The molecule has 2 aromatic heterocycles. The minimum atomic E-state index is 0. The summed E-state index contributed by atoms with van der Waals surface area (Å²) in [5.41, 5.74) is 7.69. The monoisotopic (exact) mass is 326 g/mol. The second kappa shape index (κ2) is 7.82. The van der Waals surface area contributed by atoms with Gasteiger partial charge in [0, 0.05) is 37.8 Å². The lowest BCUT2D eigenvalue weighted by molar-refractivity contribution is -0.0263. The van der Waals surface area contributed by atoms with Gasteiger partial charge in [-0.05, 0) is 12.1 Å². The van der Waals surface area contributed by atoms with Gasteiger partial charge < -0.3 is 10.5 Å². The first-order valence-corrected chi connectivity index (χ1v) is 7.63. The van der Waals surface area contributed by atoms with Crippen molar-refractivity contribution in [2.75, 3.05) is 26.2 Å². The maximum Gasteiger partial charge on any atom is 0.142 e. The van der Waals surface area contributed by atoms with Crippen molar-refractivity contribution >= 4 is 23.7 Å². The molecule has 114 valence electrons. The summed E-state index contributed by atoms with van der Waals surface area (Å²) >= 11 is 1.64. The van der Waals surface area contributed by atoms with Gasteiger partial charge in [0.1, 0.15) is 5.01 Å². The molecule has 5 nitrogen and oxygen atoms in total. The fourth-order valence-corrected chi connectivity index (χ4v) is 3.07. The van der Waals surface area contributed by atoms with Crippen LogP contribution in [0.15, 0.2) is 29.8 Å². The second-order valence-electron chi connectivity index (χ2n) is 4.82. The molecule has 1 aliphatic rings. The summed E-state index contributed by atoms with van der Waals surface area (Å²) in [7, 11) is 0. The van der Waals surface area contributed by atoms with Crippen LogP contribution < -0.4 is 5.73 Å². The highest BCUT2D eigenvalue weighted by Gasteiger charge is 2.20. The number of halogens is 1. The van der Waals surface area contributed by atoms with Crippen LogP contribution in [0.2, 0.25) is 0 Å². The van der Waals surface area contributed by atoms with E-state index in [4.69, 9.17) is 10.5 Å². The molecule has 0 aliphatic carbocycles. The Kier molecular flexibility index (Phi) is 6.08. The fraction of sp³-hybridized carbons (Fsp3) is 0.429. The van der Waals surface area contributed by atoms with Crippen LogP contribution in [0.3, 0.4) is 0 Å². The Bertz CT molecular complexity index is 551. The average molecular weight is 327 g/mol. The van der Waals surface area contributed by atoms with Crippen LogP contribution in [0.25, 0.3) is 10.7 Å². The van der Waals surface area contributed by atoms with Crippen molar-refractivity contribution in [3.63, 3.8) is 0 Å². The van der Waals surface area contributed by atoms with Gasteiger partial charge in [-0.15, -0.1) is 23.7 Å². The summed E-state index contributed by atoms with van der Waals surface area (Å²) in [4.78, 5) is 11.3. The van der Waals surface area contributed by atoms with Crippen LogP contribution in [0.4, 0.5) is 0 Å². The predicted octanol–water partition coefficient (Wildman–Crippen LogP) is 1.79. The van der Waals surface area contributed by atoms with E-state index in [1.807, 2.05) is 18.2 Å². The van der Waals surface area contributed by atoms with Gasteiger partial charge in [-0.3, -0.25) is 9.88 Å². The largest absolute Gasteiger partial charge is 0.374 e. The average Bonchev–Trinajstić information content (AvgIpc) is 2.97. The summed E-state index contributed by atoms with van der Waals surface area (Å²) in [6.07, 6.45) is 1.95. The smallest absolute Gasteiger partial charge is 0.142 e. The molecule has 0 amide bonds. The van der Waals surface area contributed by atoms with Gasteiger partial charge in [0.05, 0.1) is 24.1 Å². The third-order valence-electron chi connectivity index (χ3n) is 3.31. The summed E-state index contributed by atoms with van der Waals surface area (Å²) in [5, 5.41) is 3.08. The van der Waals surface area contributed by atoms with Crippen molar-refractivity contribution in [1.29, 1.82) is 0 Å². The van der Waals surface area contributed by atoms with E-state index in [-0.39, 0.29) is 18.5 Å². The number of ether oxygens (including phenoxy) is 1. The number of hydrogen-bond acceptors (Lipinski definition) is 6. The fourth-order valence-electron chi connectivity index (χ4n) is 2.28. The van der Waals surface area contributed by atoms with E-state index < -0.39 is 0 Å². The molecule has 0 aromatic carbocycles. The Morgan fingerprint density at radius 1 is 1.43 bits per heavy atom. The summed E-state index contributed by atoms with van der Waals surface area (Å²) in [5.74, 6) is 0. The third-order valence-corrected chi connectivity index (χ3v) is 4.22. The van der Waals surface area contributed by atoms with Crippen LogP contribution >= 0.6 is 23.7 Å². The topological polar surface area (TPSA) is 64.3 Å². The second-order valence-corrected chi connectivity index (χ2v) is 5.68. The van der Waals surface area contributed by atoms with Gasteiger partial charge in [0.25, 0.3) is 0 Å². The minimum Gasteiger partial charge on any atom is -0.374 e. The first-order chi connectivity index (χ1) is 9.85. The number of thiazole rings is 1. The highest BCUT2D eigenvalue weighted by atomic mass is 35.5. The number of nitrogens with zero attached hydrogens (tertiary/aromatic N) is 3. The summed E-state index contributed by atoms with van der Waals surface area (Å²) in [6.45, 7) is 3.99. The molecule has 3 heterocycles. The first kappa shape index (κ1) is 16.3. The van der Waals surface area contributed by atoms with E-state index in [0.717, 1.165) is 42.6 Å². The number of rotatable bonds is 4. The molecule has 3 rings (SSSR count). The van der Waals surface area contributed by atoms with Gasteiger partial charge in [-0.25, -0.2) is 4.98 Å². The zero-order valence-electron chi connectivity index (χ0n) is 11.6. The van der Waals surface area contributed by atoms with Gasteiger partial charge in [-0.1, -0.05) is 6.07 Å². The summed E-state index contributed by atoms with van der Waals surface area (Å²) < 4.78 is 5.58. The quantitative estimate of drug-likeness (QED) is 0.928. The standard InChI is InChI=1S/C14H18N4OS.ClH/c15-7-12-9-18(5-6-19-12)8-11-10-20-14(17-11)13-3-1-2-4-16-13;/h1-4,10,12H,5-9,15H2;1H. The SMILES string of the molecule is Cl.NCC1CN(Cc2csc(-c3ccccn3)n2)CCO1. The lowest BCUT2D eigenvalue weighted by atomic mass is 10.2. The third kappa shape index (κ3) is 4.21. The number of hydrogen-bond donors (Lipinski definition) is 1. The first-order valence-electron chi connectivity index (χ1n) is 6.75. The molecule has 0 bridgehead atoms. The molecule has 1 aliphatic heterocycles. The highest BCUT2D eigenvalue weighted by molar-refractivity contribution is 7.13. The molecule has 0 saturated carbocycles.